The Morgan fingerprint density at radius 2 is 2.09 bits per heavy atom. The lowest BCUT2D eigenvalue weighted by molar-refractivity contribution is -0.120. The highest BCUT2D eigenvalue weighted by Gasteiger charge is 2.26. The molecule has 2 aromatic carbocycles. The molecule has 0 bridgehead atoms. The lowest BCUT2D eigenvalue weighted by Gasteiger charge is -2.24. The molecule has 3 rings (SSSR count). The SMILES string of the molecule is COc1cccc(CNC(=O)CN2c3ccccc3CC2C)c1. The van der Waals surface area contributed by atoms with Gasteiger partial charge in [-0.15, -0.1) is 0 Å². The van der Waals surface area contributed by atoms with Gasteiger partial charge in [0.1, 0.15) is 5.75 Å². The largest absolute Gasteiger partial charge is 0.497 e. The average molecular weight is 310 g/mol. The van der Waals surface area contributed by atoms with E-state index < -0.39 is 0 Å². The summed E-state index contributed by atoms with van der Waals surface area (Å²) in [7, 11) is 1.64. The van der Waals surface area contributed by atoms with E-state index in [1.54, 1.807) is 7.11 Å². The number of hydrogen-bond donors (Lipinski definition) is 1. The molecule has 0 spiro atoms. The minimum Gasteiger partial charge on any atom is -0.497 e. The monoisotopic (exact) mass is 310 g/mol. The molecule has 23 heavy (non-hydrogen) atoms. The molecule has 1 aliphatic heterocycles. The molecule has 1 heterocycles. The van der Waals surface area contributed by atoms with Crippen molar-refractivity contribution in [3.05, 3.63) is 59.7 Å². The van der Waals surface area contributed by atoms with Gasteiger partial charge in [0.25, 0.3) is 0 Å². The Labute approximate surface area is 137 Å². The van der Waals surface area contributed by atoms with Crippen LogP contribution < -0.4 is 15.0 Å². The molecule has 2 aromatic rings. The number of hydrogen-bond acceptors (Lipinski definition) is 3. The van der Waals surface area contributed by atoms with Gasteiger partial charge in [0, 0.05) is 18.3 Å². The number of para-hydroxylation sites is 1. The Kier molecular flexibility index (Phi) is 4.51. The summed E-state index contributed by atoms with van der Waals surface area (Å²) in [6, 6.07) is 16.4. The van der Waals surface area contributed by atoms with Crippen molar-refractivity contribution in [2.75, 3.05) is 18.6 Å². The van der Waals surface area contributed by atoms with Crippen molar-refractivity contribution in [2.24, 2.45) is 0 Å². The van der Waals surface area contributed by atoms with Gasteiger partial charge in [0.05, 0.1) is 13.7 Å². The summed E-state index contributed by atoms with van der Waals surface area (Å²) in [5.41, 5.74) is 3.53. The van der Waals surface area contributed by atoms with Gasteiger partial charge in [-0.1, -0.05) is 30.3 Å². The zero-order chi connectivity index (χ0) is 16.2. The van der Waals surface area contributed by atoms with Gasteiger partial charge in [-0.25, -0.2) is 0 Å². The number of methoxy groups -OCH3 is 1. The fraction of sp³-hybridized carbons (Fsp3) is 0.316. The van der Waals surface area contributed by atoms with Crippen LogP contribution in [-0.2, 0) is 17.8 Å². The van der Waals surface area contributed by atoms with Crippen molar-refractivity contribution in [1.82, 2.24) is 5.32 Å². The molecule has 0 radical (unpaired) electrons. The van der Waals surface area contributed by atoms with Crippen molar-refractivity contribution in [3.8, 4) is 5.75 Å². The Bertz CT molecular complexity index is 699. The first-order chi connectivity index (χ1) is 11.2. The topological polar surface area (TPSA) is 41.6 Å². The van der Waals surface area contributed by atoms with Gasteiger partial charge in [-0.2, -0.15) is 0 Å². The second-order valence-electron chi connectivity index (χ2n) is 5.94. The average Bonchev–Trinajstić information content (AvgIpc) is 2.89. The molecule has 0 aliphatic carbocycles. The lowest BCUT2D eigenvalue weighted by atomic mass is 10.1. The molecule has 0 fully saturated rings. The molecule has 0 saturated carbocycles. The minimum atomic E-state index is 0.0383. The van der Waals surface area contributed by atoms with Gasteiger partial charge in [0.15, 0.2) is 0 Å². The summed E-state index contributed by atoms with van der Waals surface area (Å²) >= 11 is 0. The fourth-order valence-electron chi connectivity index (χ4n) is 3.06. The normalized spacial score (nSPS) is 16.1. The second kappa shape index (κ2) is 6.73. The maximum Gasteiger partial charge on any atom is 0.239 e. The maximum atomic E-state index is 12.3. The summed E-state index contributed by atoms with van der Waals surface area (Å²) < 4.78 is 5.20. The summed E-state index contributed by atoms with van der Waals surface area (Å²) in [5, 5.41) is 2.99. The molecular formula is C19H22N2O2. The van der Waals surface area contributed by atoms with Crippen molar-refractivity contribution in [2.45, 2.75) is 25.9 Å². The second-order valence-corrected chi connectivity index (χ2v) is 5.94. The number of carbonyl (C=O) groups is 1. The highest BCUT2D eigenvalue weighted by molar-refractivity contribution is 5.82. The van der Waals surface area contributed by atoms with Gasteiger partial charge in [-0.05, 0) is 42.7 Å². The van der Waals surface area contributed by atoms with Crippen LogP contribution in [-0.4, -0.2) is 25.6 Å². The third-order valence-electron chi connectivity index (χ3n) is 4.29. The summed E-state index contributed by atoms with van der Waals surface area (Å²) in [4.78, 5) is 14.5. The Hall–Kier alpha value is -2.49. The molecule has 0 saturated heterocycles. The maximum absolute atomic E-state index is 12.3. The molecule has 1 N–H and O–H groups in total. The zero-order valence-electron chi connectivity index (χ0n) is 13.6. The van der Waals surface area contributed by atoms with Crippen LogP contribution in [0.2, 0.25) is 0 Å². The predicted octanol–water partition coefficient (Wildman–Crippen LogP) is 2.76. The van der Waals surface area contributed by atoms with E-state index in [-0.39, 0.29) is 5.91 Å². The van der Waals surface area contributed by atoms with E-state index in [0.717, 1.165) is 17.7 Å². The first-order valence-corrected chi connectivity index (χ1v) is 7.91. The zero-order valence-corrected chi connectivity index (χ0v) is 13.6. The summed E-state index contributed by atoms with van der Waals surface area (Å²) in [6.07, 6.45) is 0.999. The van der Waals surface area contributed by atoms with Gasteiger partial charge in [0.2, 0.25) is 5.91 Å². The van der Waals surface area contributed by atoms with E-state index in [4.69, 9.17) is 4.74 Å². The standard InChI is InChI=1S/C19H22N2O2/c1-14-10-16-7-3-4-9-18(16)21(14)13-19(22)20-12-15-6-5-8-17(11-15)23-2/h3-9,11,14H,10,12-13H2,1-2H3,(H,20,22). The van der Waals surface area contributed by atoms with Crippen LogP contribution in [0.1, 0.15) is 18.1 Å². The number of benzene rings is 2. The van der Waals surface area contributed by atoms with Crippen LogP contribution >= 0.6 is 0 Å². The van der Waals surface area contributed by atoms with E-state index in [2.05, 4.69) is 35.3 Å². The number of ether oxygens (including phenoxy) is 1. The van der Waals surface area contributed by atoms with E-state index in [1.165, 1.54) is 11.3 Å². The first kappa shape index (κ1) is 15.4. The number of carbonyl (C=O) groups excluding carboxylic acids is 1. The molecule has 4 heteroatoms. The number of amides is 1. The molecule has 4 nitrogen and oxygen atoms in total. The van der Waals surface area contributed by atoms with Crippen molar-refractivity contribution in [3.63, 3.8) is 0 Å². The fourth-order valence-corrected chi connectivity index (χ4v) is 3.06. The summed E-state index contributed by atoms with van der Waals surface area (Å²) in [6.45, 7) is 3.07. The van der Waals surface area contributed by atoms with Gasteiger partial charge >= 0.3 is 0 Å². The van der Waals surface area contributed by atoms with Crippen LogP contribution in [0.3, 0.4) is 0 Å². The Balaban J connectivity index is 1.59. The number of anilines is 1. The molecular weight excluding hydrogens is 288 g/mol. The van der Waals surface area contributed by atoms with Gasteiger partial charge < -0.3 is 15.0 Å². The highest BCUT2D eigenvalue weighted by Crippen LogP contribution is 2.31. The highest BCUT2D eigenvalue weighted by atomic mass is 16.5. The van der Waals surface area contributed by atoms with Crippen LogP contribution in [0.15, 0.2) is 48.5 Å². The van der Waals surface area contributed by atoms with Crippen molar-refractivity contribution >= 4 is 11.6 Å². The van der Waals surface area contributed by atoms with E-state index in [9.17, 15) is 4.79 Å². The van der Waals surface area contributed by atoms with E-state index in [0.29, 0.717) is 19.1 Å². The van der Waals surface area contributed by atoms with Crippen LogP contribution in [0, 0.1) is 0 Å². The van der Waals surface area contributed by atoms with Crippen LogP contribution in [0.25, 0.3) is 0 Å². The molecule has 1 aliphatic rings. The Morgan fingerprint density at radius 3 is 2.91 bits per heavy atom. The minimum absolute atomic E-state index is 0.0383. The molecule has 0 aromatic heterocycles. The Morgan fingerprint density at radius 1 is 1.26 bits per heavy atom. The van der Waals surface area contributed by atoms with Crippen LogP contribution in [0.4, 0.5) is 5.69 Å². The third-order valence-corrected chi connectivity index (χ3v) is 4.29. The van der Waals surface area contributed by atoms with Crippen LogP contribution in [0.5, 0.6) is 5.75 Å². The van der Waals surface area contributed by atoms with Gasteiger partial charge in [-0.3, -0.25) is 4.79 Å². The smallest absolute Gasteiger partial charge is 0.239 e. The molecule has 1 amide bonds. The van der Waals surface area contributed by atoms with E-state index in [1.807, 2.05) is 30.3 Å². The van der Waals surface area contributed by atoms with Crippen molar-refractivity contribution < 1.29 is 9.53 Å². The number of nitrogens with zero attached hydrogens (tertiary/aromatic N) is 1. The molecule has 1 atom stereocenters. The van der Waals surface area contributed by atoms with Crippen molar-refractivity contribution in [1.29, 1.82) is 0 Å². The first-order valence-electron chi connectivity index (χ1n) is 7.91. The van der Waals surface area contributed by atoms with E-state index >= 15 is 0 Å². The predicted molar refractivity (Wildman–Crippen MR) is 91.8 cm³/mol. The number of fused-ring (bicyclic) bond motifs is 1. The summed E-state index contributed by atoms with van der Waals surface area (Å²) in [5.74, 6) is 0.843. The number of nitrogens with one attached hydrogen (secondary N) is 1. The quantitative estimate of drug-likeness (QED) is 0.923. The molecule has 1 unspecified atom stereocenters. The number of rotatable bonds is 5. The lowest BCUT2D eigenvalue weighted by Crippen LogP contribution is -2.39. The molecule has 120 valence electrons. The third kappa shape index (κ3) is 3.47.